The highest BCUT2D eigenvalue weighted by atomic mass is 14.9. The van der Waals surface area contributed by atoms with Crippen LogP contribution in [0.4, 0.5) is 0 Å². The zero-order chi connectivity index (χ0) is 11.9. The maximum absolute atomic E-state index is 6.59. The quantitative estimate of drug-likeness (QED) is 0.821. The van der Waals surface area contributed by atoms with Crippen molar-refractivity contribution in [3.8, 4) is 0 Å². The van der Waals surface area contributed by atoms with Crippen LogP contribution in [0, 0.1) is 18.8 Å². The van der Waals surface area contributed by atoms with Crippen molar-refractivity contribution in [2.75, 3.05) is 0 Å². The van der Waals surface area contributed by atoms with E-state index in [2.05, 4.69) is 31.2 Å². The van der Waals surface area contributed by atoms with E-state index in [4.69, 9.17) is 5.73 Å². The lowest BCUT2D eigenvalue weighted by atomic mass is 9.83. The van der Waals surface area contributed by atoms with E-state index in [1.54, 1.807) is 0 Å². The molecule has 1 heteroatoms. The number of hydrogen-bond acceptors (Lipinski definition) is 1. The van der Waals surface area contributed by atoms with Gasteiger partial charge in [-0.25, -0.2) is 0 Å². The van der Waals surface area contributed by atoms with Gasteiger partial charge in [0, 0.05) is 5.54 Å². The van der Waals surface area contributed by atoms with Gasteiger partial charge in [0.05, 0.1) is 0 Å². The first-order valence-electron chi connectivity index (χ1n) is 7.06. The minimum atomic E-state index is 0.00963. The molecule has 0 aliphatic heterocycles. The molecule has 0 bridgehead atoms. The van der Waals surface area contributed by atoms with Crippen LogP contribution in [-0.4, -0.2) is 0 Å². The van der Waals surface area contributed by atoms with Crippen LogP contribution in [0.25, 0.3) is 0 Å². The molecule has 1 nitrogen and oxygen atoms in total. The molecule has 0 saturated heterocycles. The summed E-state index contributed by atoms with van der Waals surface area (Å²) in [7, 11) is 0. The molecule has 2 aliphatic carbocycles. The zero-order valence-corrected chi connectivity index (χ0v) is 10.8. The van der Waals surface area contributed by atoms with E-state index >= 15 is 0 Å². The van der Waals surface area contributed by atoms with Crippen molar-refractivity contribution in [1.82, 2.24) is 0 Å². The fourth-order valence-corrected chi connectivity index (χ4v) is 3.62. The molecule has 1 aromatic carbocycles. The fourth-order valence-electron chi connectivity index (χ4n) is 3.62. The Kier molecular flexibility index (Phi) is 2.74. The van der Waals surface area contributed by atoms with Gasteiger partial charge in [-0.15, -0.1) is 0 Å². The fraction of sp³-hybridized carbons (Fsp3) is 0.625. The molecule has 0 amide bonds. The summed E-state index contributed by atoms with van der Waals surface area (Å²) in [6.45, 7) is 2.14. The molecule has 17 heavy (non-hydrogen) atoms. The lowest BCUT2D eigenvalue weighted by Gasteiger charge is -2.24. The van der Waals surface area contributed by atoms with E-state index < -0.39 is 0 Å². The largest absolute Gasteiger partial charge is 0.321 e. The Morgan fingerprint density at radius 1 is 1.06 bits per heavy atom. The zero-order valence-electron chi connectivity index (χ0n) is 10.8. The number of benzene rings is 1. The predicted molar refractivity (Wildman–Crippen MR) is 71.7 cm³/mol. The first kappa shape index (κ1) is 11.3. The molecule has 0 spiro atoms. The van der Waals surface area contributed by atoms with E-state index in [0.29, 0.717) is 0 Å². The topological polar surface area (TPSA) is 26.0 Å². The molecule has 2 saturated carbocycles. The van der Waals surface area contributed by atoms with Crippen molar-refractivity contribution < 1.29 is 0 Å². The SMILES string of the molecule is Cc1ccc(C2(N)CC2C2CCCCC2)cc1. The van der Waals surface area contributed by atoms with Gasteiger partial charge < -0.3 is 5.73 Å². The monoisotopic (exact) mass is 229 g/mol. The molecule has 92 valence electrons. The van der Waals surface area contributed by atoms with Gasteiger partial charge in [0.15, 0.2) is 0 Å². The summed E-state index contributed by atoms with van der Waals surface area (Å²) in [6, 6.07) is 8.86. The van der Waals surface area contributed by atoms with Crippen molar-refractivity contribution in [1.29, 1.82) is 0 Å². The van der Waals surface area contributed by atoms with Crippen LogP contribution in [0.3, 0.4) is 0 Å². The minimum absolute atomic E-state index is 0.00963. The van der Waals surface area contributed by atoms with Crippen LogP contribution in [0.2, 0.25) is 0 Å². The van der Waals surface area contributed by atoms with E-state index in [9.17, 15) is 0 Å². The molecule has 3 rings (SSSR count). The lowest BCUT2D eigenvalue weighted by molar-refractivity contribution is 0.302. The maximum atomic E-state index is 6.59. The number of rotatable bonds is 2. The summed E-state index contributed by atoms with van der Waals surface area (Å²) >= 11 is 0. The van der Waals surface area contributed by atoms with Crippen LogP contribution in [0.5, 0.6) is 0 Å². The highest BCUT2D eigenvalue weighted by Gasteiger charge is 2.55. The van der Waals surface area contributed by atoms with E-state index in [1.807, 2.05) is 0 Å². The van der Waals surface area contributed by atoms with Gasteiger partial charge >= 0.3 is 0 Å². The van der Waals surface area contributed by atoms with Crippen molar-refractivity contribution >= 4 is 0 Å². The molecule has 2 atom stereocenters. The van der Waals surface area contributed by atoms with Crippen LogP contribution in [-0.2, 0) is 5.54 Å². The summed E-state index contributed by atoms with van der Waals surface area (Å²) < 4.78 is 0. The molecule has 1 aromatic rings. The molecule has 2 N–H and O–H groups in total. The minimum Gasteiger partial charge on any atom is -0.321 e. The third kappa shape index (κ3) is 2.01. The molecule has 0 heterocycles. The van der Waals surface area contributed by atoms with Gasteiger partial charge in [0.2, 0.25) is 0 Å². The van der Waals surface area contributed by atoms with Crippen LogP contribution in [0.15, 0.2) is 24.3 Å². The molecule has 2 unspecified atom stereocenters. The highest BCUT2D eigenvalue weighted by Crippen LogP contribution is 2.56. The van der Waals surface area contributed by atoms with E-state index in [-0.39, 0.29) is 5.54 Å². The molecule has 2 fully saturated rings. The predicted octanol–water partition coefficient (Wildman–Crippen LogP) is 3.75. The van der Waals surface area contributed by atoms with Gasteiger partial charge in [-0.3, -0.25) is 0 Å². The Bertz CT molecular complexity index is 388. The van der Waals surface area contributed by atoms with Gasteiger partial charge in [-0.1, -0.05) is 61.9 Å². The van der Waals surface area contributed by atoms with Crippen molar-refractivity contribution in [3.63, 3.8) is 0 Å². The normalized spacial score (nSPS) is 33.6. The van der Waals surface area contributed by atoms with Gasteiger partial charge in [-0.2, -0.15) is 0 Å². The Balaban J connectivity index is 1.74. The summed E-state index contributed by atoms with van der Waals surface area (Å²) in [4.78, 5) is 0. The number of nitrogens with two attached hydrogens (primary N) is 1. The third-order valence-electron chi connectivity index (χ3n) is 4.87. The van der Waals surface area contributed by atoms with Crippen LogP contribution in [0.1, 0.15) is 49.7 Å². The molecule has 2 aliphatic rings. The molecular formula is C16H23N. The number of hydrogen-bond donors (Lipinski definition) is 1. The molecule has 0 radical (unpaired) electrons. The summed E-state index contributed by atoms with van der Waals surface area (Å²) in [6.07, 6.45) is 8.31. The van der Waals surface area contributed by atoms with Gasteiger partial charge in [0.1, 0.15) is 0 Å². The second-order valence-electron chi connectivity index (χ2n) is 6.12. The van der Waals surface area contributed by atoms with E-state index in [1.165, 1.54) is 49.7 Å². The first-order valence-corrected chi connectivity index (χ1v) is 7.06. The van der Waals surface area contributed by atoms with Crippen molar-refractivity contribution in [2.24, 2.45) is 17.6 Å². The molecular weight excluding hydrogens is 206 g/mol. The standard InChI is InChI=1S/C16H23N/c1-12-7-9-14(10-8-12)16(17)11-15(16)13-5-3-2-4-6-13/h7-10,13,15H,2-6,11,17H2,1H3. The lowest BCUT2D eigenvalue weighted by Crippen LogP contribution is -2.26. The van der Waals surface area contributed by atoms with E-state index in [0.717, 1.165) is 11.8 Å². The Labute approximate surface area is 104 Å². The van der Waals surface area contributed by atoms with Gasteiger partial charge in [-0.05, 0) is 30.7 Å². The Morgan fingerprint density at radius 2 is 1.71 bits per heavy atom. The van der Waals surface area contributed by atoms with Crippen LogP contribution >= 0.6 is 0 Å². The second kappa shape index (κ2) is 4.13. The summed E-state index contributed by atoms with van der Waals surface area (Å²) in [5.74, 6) is 1.65. The smallest absolute Gasteiger partial charge is 0.0445 e. The van der Waals surface area contributed by atoms with Crippen molar-refractivity contribution in [3.05, 3.63) is 35.4 Å². The van der Waals surface area contributed by atoms with Gasteiger partial charge in [0.25, 0.3) is 0 Å². The average Bonchev–Trinajstić information content (AvgIpc) is 3.05. The number of aryl methyl sites for hydroxylation is 1. The molecule has 0 aromatic heterocycles. The van der Waals surface area contributed by atoms with Crippen LogP contribution < -0.4 is 5.73 Å². The third-order valence-corrected chi connectivity index (χ3v) is 4.87. The van der Waals surface area contributed by atoms with Crippen molar-refractivity contribution in [2.45, 2.75) is 51.0 Å². The second-order valence-corrected chi connectivity index (χ2v) is 6.12. The summed E-state index contributed by atoms with van der Waals surface area (Å²) in [5.41, 5.74) is 9.29. The Hall–Kier alpha value is -0.820. The first-order chi connectivity index (χ1) is 8.20. The Morgan fingerprint density at radius 3 is 2.35 bits per heavy atom. The summed E-state index contributed by atoms with van der Waals surface area (Å²) in [5, 5.41) is 0. The highest BCUT2D eigenvalue weighted by molar-refractivity contribution is 5.34. The maximum Gasteiger partial charge on any atom is 0.0445 e. The average molecular weight is 229 g/mol.